The third-order valence-electron chi connectivity index (χ3n) is 2.94. The first kappa shape index (κ1) is 19.4. The van der Waals surface area contributed by atoms with Gasteiger partial charge in [-0.15, -0.1) is 0 Å². The molecule has 0 aliphatic carbocycles. The Balaban J connectivity index is 2.17. The summed E-state index contributed by atoms with van der Waals surface area (Å²) >= 11 is 1.94. The third kappa shape index (κ3) is 5.56. The number of aliphatic hydroxyl groups is 2. The summed E-state index contributed by atoms with van der Waals surface area (Å²) in [5.41, 5.74) is 1.94. The van der Waals surface area contributed by atoms with Gasteiger partial charge in [-0.25, -0.2) is 14.9 Å². The van der Waals surface area contributed by atoms with Gasteiger partial charge < -0.3 is 15.5 Å². The summed E-state index contributed by atoms with van der Waals surface area (Å²) in [6, 6.07) is 6.44. The zero-order chi connectivity index (χ0) is 18.4. The van der Waals surface area contributed by atoms with Crippen molar-refractivity contribution >= 4 is 40.0 Å². The van der Waals surface area contributed by atoms with Gasteiger partial charge in [-0.05, 0) is 52.9 Å². The lowest BCUT2D eigenvalue weighted by Crippen LogP contribution is -2.30. The largest absolute Gasteiger partial charge is 0.394 e. The van der Waals surface area contributed by atoms with E-state index in [9.17, 15) is 13.6 Å². The summed E-state index contributed by atoms with van der Waals surface area (Å²) in [6.07, 6.45) is -1.16. The van der Waals surface area contributed by atoms with Crippen molar-refractivity contribution in [3.05, 3.63) is 51.2 Å². The molecule has 0 radical (unpaired) electrons. The van der Waals surface area contributed by atoms with Crippen LogP contribution in [-0.4, -0.2) is 40.4 Å². The lowest BCUT2D eigenvalue weighted by atomic mass is 10.2. The van der Waals surface area contributed by atoms with E-state index in [4.69, 9.17) is 15.1 Å². The van der Waals surface area contributed by atoms with Crippen LogP contribution in [-0.2, 0) is 4.84 Å². The van der Waals surface area contributed by atoms with Crippen molar-refractivity contribution < 1.29 is 28.6 Å². The van der Waals surface area contributed by atoms with Crippen molar-refractivity contribution in [2.45, 2.75) is 6.10 Å². The average Bonchev–Trinajstić information content (AvgIpc) is 2.57. The monoisotopic (exact) mass is 465 g/mol. The van der Waals surface area contributed by atoms with Crippen molar-refractivity contribution in [3.8, 4) is 0 Å². The predicted molar refractivity (Wildman–Crippen MR) is 93.1 cm³/mol. The zero-order valence-corrected chi connectivity index (χ0v) is 14.8. The number of aromatic nitrogens is 1. The normalized spacial score (nSPS) is 11.9. The van der Waals surface area contributed by atoms with Crippen LogP contribution in [0.1, 0.15) is 10.4 Å². The molecule has 0 aliphatic rings. The summed E-state index contributed by atoms with van der Waals surface area (Å²) in [4.78, 5) is 20.4. The second kappa shape index (κ2) is 8.99. The first-order valence-corrected chi connectivity index (χ1v) is 8.08. The Hall–Kier alpha value is -1.89. The molecule has 1 aromatic heterocycles. The van der Waals surface area contributed by atoms with Crippen LogP contribution >= 0.6 is 22.6 Å². The Labute approximate surface area is 155 Å². The molecule has 1 heterocycles. The molecule has 4 N–H and O–H groups in total. The lowest BCUT2D eigenvalue weighted by Gasteiger charge is -2.13. The molecule has 1 amide bonds. The third-order valence-corrected chi connectivity index (χ3v) is 3.61. The van der Waals surface area contributed by atoms with E-state index in [1.165, 1.54) is 12.1 Å². The summed E-state index contributed by atoms with van der Waals surface area (Å²) in [5, 5.41) is 20.4. The highest BCUT2D eigenvalue weighted by Gasteiger charge is 2.16. The maximum atomic E-state index is 13.9. The van der Waals surface area contributed by atoms with Gasteiger partial charge in [0.2, 0.25) is 5.95 Å². The number of hydroxylamine groups is 1. The van der Waals surface area contributed by atoms with Crippen LogP contribution in [0, 0.1) is 15.3 Å². The van der Waals surface area contributed by atoms with E-state index >= 15 is 0 Å². The molecule has 2 aromatic rings. The first-order valence-electron chi connectivity index (χ1n) is 7.00. The molecule has 0 saturated carbocycles. The molecule has 0 bridgehead atoms. The molecule has 25 heavy (non-hydrogen) atoms. The summed E-state index contributed by atoms with van der Waals surface area (Å²) < 4.78 is 28.0. The number of carbonyl (C=O) groups excluding carboxylic acids is 1. The minimum absolute atomic E-state index is 0.0178. The van der Waals surface area contributed by atoms with E-state index in [1.807, 2.05) is 28.1 Å². The van der Waals surface area contributed by atoms with E-state index in [2.05, 4.69) is 10.3 Å². The fraction of sp³-hybridized carbons (Fsp3) is 0.200. The van der Waals surface area contributed by atoms with E-state index < -0.39 is 30.4 Å². The Kier molecular flexibility index (Phi) is 6.99. The molecule has 0 spiro atoms. The van der Waals surface area contributed by atoms with Crippen LogP contribution in [0.5, 0.6) is 0 Å². The van der Waals surface area contributed by atoms with Crippen molar-refractivity contribution in [2.24, 2.45) is 0 Å². The summed E-state index contributed by atoms with van der Waals surface area (Å²) in [6.45, 7) is -0.877. The molecular weight excluding hydrogens is 451 g/mol. The van der Waals surface area contributed by atoms with Crippen molar-refractivity contribution in [2.75, 3.05) is 18.5 Å². The second-order valence-corrected chi connectivity index (χ2v) is 6.10. The number of amides is 1. The number of aliphatic hydroxyl groups excluding tert-OH is 2. The number of hydrogen-bond donors (Lipinski definition) is 4. The standard InChI is InChI=1S/C15H14F2IN3O4/c16-11-5-8(18)1-3-12(11)19-14-10(2-4-13(17)20-14)15(24)21-25-7-9(23)6-22/h1-5,9,22-23H,6-7H2,(H,19,20)(H,21,24)/t9-/m1/s1. The molecule has 0 aliphatic heterocycles. The van der Waals surface area contributed by atoms with Gasteiger partial charge in [0.1, 0.15) is 24.3 Å². The number of pyridine rings is 1. The van der Waals surface area contributed by atoms with Crippen LogP contribution in [0.3, 0.4) is 0 Å². The number of benzene rings is 1. The Bertz CT molecular complexity index is 764. The quantitative estimate of drug-likeness (QED) is 0.282. The van der Waals surface area contributed by atoms with Crippen molar-refractivity contribution in [1.82, 2.24) is 10.5 Å². The number of carbonyl (C=O) groups is 1. The molecule has 2 rings (SSSR count). The smallest absolute Gasteiger partial charge is 0.278 e. The van der Waals surface area contributed by atoms with E-state index in [-0.39, 0.29) is 23.7 Å². The highest BCUT2D eigenvalue weighted by molar-refractivity contribution is 14.1. The maximum absolute atomic E-state index is 13.9. The van der Waals surface area contributed by atoms with E-state index in [0.29, 0.717) is 3.57 Å². The minimum Gasteiger partial charge on any atom is -0.394 e. The number of hydrogen-bond acceptors (Lipinski definition) is 6. The van der Waals surface area contributed by atoms with Crippen molar-refractivity contribution in [1.29, 1.82) is 0 Å². The fourth-order valence-corrected chi connectivity index (χ4v) is 2.20. The first-order chi connectivity index (χ1) is 11.9. The molecule has 0 unspecified atom stereocenters. The van der Waals surface area contributed by atoms with Gasteiger partial charge in [-0.3, -0.25) is 9.63 Å². The van der Waals surface area contributed by atoms with Gasteiger partial charge in [-0.1, -0.05) is 0 Å². The molecule has 134 valence electrons. The van der Waals surface area contributed by atoms with Crippen LogP contribution < -0.4 is 10.8 Å². The van der Waals surface area contributed by atoms with E-state index in [1.54, 1.807) is 6.07 Å². The second-order valence-electron chi connectivity index (χ2n) is 4.86. The average molecular weight is 465 g/mol. The number of rotatable bonds is 7. The molecule has 0 saturated heterocycles. The van der Waals surface area contributed by atoms with Gasteiger partial charge in [0.15, 0.2) is 0 Å². The van der Waals surface area contributed by atoms with Crippen LogP contribution in [0.4, 0.5) is 20.3 Å². The maximum Gasteiger partial charge on any atom is 0.278 e. The summed E-state index contributed by atoms with van der Waals surface area (Å²) in [7, 11) is 0. The highest BCUT2D eigenvalue weighted by atomic mass is 127. The zero-order valence-electron chi connectivity index (χ0n) is 12.7. The highest BCUT2D eigenvalue weighted by Crippen LogP contribution is 2.23. The molecule has 1 atom stereocenters. The Morgan fingerprint density at radius 1 is 1.32 bits per heavy atom. The van der Waals surface area contributed by atoms with Crippen molar-refractivity contribution in [3.63, 3.8) is 0 Å². The Morgan fingerprint density at radius 3 is 2.76 bits per heavy atom. The van der Waals surface area contributed by atoms with Crippen LogP contribution in [0.25, 0.3) is 0 Å². The summed E-state index contributed by atoms with van der Waals surface area (Å²) in [5.74, 6) is -2.44. The Morgan fingerprint density at radius 2 is 2.08 bits per heavy atom. The number of nitrogens with one attached hydrogen (secondary N) is 2. The molecular formula is C15H14F2IN3O4. The molecule has 0 fully saturated rings. The van der Waals surface area contributed by atoms with Gasteiger partial charge in [0.25, 0.3) is 5.91 Å². The van der Waals surface area contributed by atoms with Gasteiger partial charge in [0, 0.05) is 3.57 Å². The van der Waals surface area contributed by atoms with E-state index in [0.717, 1.165) is 12.1 Å². The van der Waals surface area contributed by atoms with Gasteiger partial charge >= 0.3 is 0 Å². The number of nitrogens with zero attached hydrogens (tertiary/aromatic N) is 1. The number of halogens is 3. The topological polar surface area (TPSA) is 104 Å². The predicted octanol–water partition coefficient (Wildman–Crippen LogP) is 1.72. The van der Waals surface area contributed by atoms with Crippen LogP contribution in [0.2, 0.25) is 0 Å². The fourth-order valence-electron chi connectivity index (χ4n) is 1.74. The van der Waals surface area contributed by atoms with Crippen LogP contribution in [0.15, 0.2) is 30.3 Å². The lowest BCUT2D eigenvalue weighted by molar-refractivity contribution is -0.0295. The van der Waals surface area contributed by atoms with Gasteiger partial charge in [-0.2, -0.15) is 4.39 Å². The number of anilines is 2. The SMILES string of the molecule is O=C(NOC[C@H](O)CO)c1ccc(F)nc1Nc1ccc(I)cc1F. The van der Waals surface area contributed by atoms with Gasteiger partial charge in [0.05, 0.1) is 17.9 Å². The minimum atomic E-state index is -1.16. The molecule has 10 heteroatoms. The molecule has 1 aromatic carbocycles. The molecule has 7 nitrogen and oxygen atoms in total.